The summed E-state index contributed by atoms with van der Waals surface area (Å²) in [6.07, 6.45) is 2.75. The molecule has 1 unspecified atom stereocenters. The Morgan fingerprint density at radius 2 is 1.93 bits per heavy atom. The number of nitrogens with one attached hydrogen (secondary N) is 2. The van der Waals surface area contributed by atoms with E-state index in [2.05, 4.69) is 10.0 Å². The molecular weight excluding hydrogens is 558 g/mol. The fourth-order valence-corrected chi connectivity index (χ4v) is 7.92. The minimum absolute atomic E-state index is 0.00964. The first kappa shape index (κ1) is 29.2. The molecule has 0 radical (unpaired) electrons. The van der Waals surface area contributed by atoms with Crippen LogP contribution in [-0.4, -0.2) is 90.5 Å². The molecule has 2 atom stereocenters. The lowest BCUT2D eigenvalue weighted by Crippen LogP contribution is -2.47. The highest BCUT2D eigenvalue weighted by Gasteiger charge is 2.44. The number of aliphatic hydroxyl groups excluding tert-OH is 1. The minimum Gasteiger partial charge on any atom is -0.493 e. The highest BCUT2D eigenvalue weighted by atomic mass is 32.2. The number of sulfonamides is 2. The van der Waals surface area contributed by atoms with Crippen molar-refractivity contribution in [1.82, 2.24) is 14.3 Å². The topological polar surface area (TPSA) is 144 Å². The summed E-state index contributed by atoms with van der Waals surface area (Å²) < 4.78 is 72.3. The van der Waals surface area contributed by atoms with Crippen LogP contribution in [0.3, 0.4) is 0 Å². The van der Waals surface area contributed by atoms with E-state index < -0.39 is 31.8 Å². The van der Waals surface area contributed by atoms with Crippen molar-refractivity contribution >= 4 is 20.0 Å². The number of piperidine rings is 1. The summed E-state index contributed by atoms with van der Waals surface area (Å²) in [7, 11) is -5.96. The third-order valence-electron chi connectivity index (χ3n) is 7.84. The molecule has 3 aliphatic rings. The van der Waals surface area contributed by atoms with Gasteiger partial charge in [-0.3, -0.25) is 0 Å². The Morgan fingerprint density at radius 3 is 2.70 bits per heavy atom. The van der Waals surface area contributed by atoms with Crippen LogP contribution in [0.2, 0.25) is 0 Å². The molecule has 0 aromatic heterocycles. The Hall–Kier alpha value is -2.26. The molecule has 2 aromatic rings. The largest absolute Gasteiger partial charge is 0.493 e. The lowest BCUT2D eigenvalue weighted by molar-refractivity contribution is -0.0312. The summed E-state index contributed by atoms with van der Waals surface area (Å²) in [5.41, 5.74) is 0.545. The maximum atomic E-state index is 13.3. The van der Waals surface area contributed by atoms with E-state index >= 15 is 0 Å². The van der Waals surface area contributed by atoms with Crippen molar-refractivity contribution in [3.05, 3.63) is 48.0 Å². The second-order valence-corrected chi connectivity index (χ2v) is 14.3. The van der Waals surface area contributed by atoms with Gasteiger partial charge in [-0.05, 0) is 75.0 Å². The van der Waals surface area contributed by atoms with E-state index in [0.29, 0.717) is 50.5 Å². The highest BCUT2D eigenvalue weighted by Crippen LogP contribution is 2.38. The second-order valence-electron chi connectivity index (χ2n) is 10.5. The van der Waals surface area contributed by atoms with Crippen molar-refractivity contribution in [3.63, 3.8) is 0 Å². The molecule has 11 nitrogen and oxygen atoms in total. The van der Waals surface area contributed by atoms with E-state index in [-0.39, 0.29) is 29.8 Å². The van der Waals surface area contributed by atoms with E-state index in [4.69, 9.17) is 14.2 Å². The quantitative estimate of drug-likeness (QED) is 0.370. The van der Waals surface area contributed by atoms with Crippen LogP contribution >= 0.6 is 0 Å². The van der Waals surface area contributed by atoms with Crippen LogP contribution in [0.5, 0.6) is 11.5 Å². The number of nitrogens with zero attached hydrogens (tertiary/aromatic N) is 1. The van der Waals surface area contributed by atoms with Crippen LogP contribution in [0.15, 0.2) is 52.3 Å². The predicted octanol–water partition coefficient (Wildman–Crippen LogP) is 1.26. The van der Waals surface area contributed by atoms with Gasteiger partial charge in [-0.2, -0.15) is 4.31 Å². The first-order valence-electron chi connectivity index (χ1n) is 13.6. The molecule has 2 fully saturated rings. The van der Waals surface area contributed by atoms with E-state index in [1.54, 1.807) is 40.7 Å². The number of aryl methyl sites for hydroxylation is 1. The van der Waals surface area contributed by atoms with Gasteiger partial charge in [-0.15, -0.1) is 0 Å². The van der Waals surface area contributed by atoms with Crippen LogP contribution in [0.4, 0.5) is 0 Å². The van der Waals surface area contributed by atoms with Gasteiger partial charge in [0.25, 0.3) is 0 Å². The van der Waals surface area contributed by atoms with Gasteiger partial charge in [-0.25, -0.2) is 21.6 Å². The van der Waals surface area contributed by atoms with Crippen molar-refractivity contribution in [2.24, 2.45) is 0 Å². The molecule has 0 aliphatic carbocycles. The Labute approximate surface area is 235 Å². The number of hydrogen-bond donors (Lipinski definition) is 3. The average molecular weight is 596 g/mol. The molecule has 0 bridgehead atoms. The minimum atomic E-state index is -3.69. The number of hydrogen-bond acceptors (Lipinski definition) is 9. The lowest BCUT2D eigenvalue weighted by Gasteiger charge is -2.38. The number of fused-ring (bicyclic) bond motifs is 1. The van der Waals surface area contributed by atoms with Gasteiger partial charge in [0.15, 0.2) is 0 Å². The van der Waals surface area contributed by atoms with Crippen molar-refractivity contribution in [3.8, 4) is 11.5 Å². The molecular formula is C27H37N3O8S2. The van der Waals surface area contributed by atoms with Gasteiger partial charge in [-0.1, -0.05) is 12.1 Å². The third-order valence-corrected chi connectivity index (χ3v) is 11.2. The molecule has 3 heterocycles. The van der Waals surface area contributed by atoms with Gasteiger partial charge >= 0.3 is 0 Å². The molecule has 2 saturated heterocycles. The van der Waals surface area contributed by atoms with Crippen LogP contribution in [0.1, 0.15) is 31.2 Å². The fourth-order valence-electron chi connectivity index (χ4n) is 5.55. The summed E-state index contributed by atoms with van der Waals surface area (Å²) >= 11 is 0. The fraction of sp³-hybridized carbons (Fsp3) is 0.556. The first-order valence-corrected chi connectivity index (χ1v) is 16.5. The van der Waals surface area contributed by atoms with E-state index in [1.807, 2.05) is 0 Å². The van der Waals surface area contributed by atoms with Crippen molar-refractivity contribution in [2.75, 3.05) is 46.5 Å². The van der Waals surface area contributed by atoms with Crippen LogP contribution in [-0.2, 0) is 31.2 Å². The number of benzene rings is 2. The summed E-state index contributed by atoms with van der Waals surface area (Å²) in [6, 6.07) is 11.4. The lowest BCUT2D eigenvalue weighted by atomic mass is 9.88. The van der Waals surface area contributed by atoms with E-state index in [1.165, 1.54) is 13.1 Å². The van der Waals surface area contributed by atoms with Gasteiger partial charge < -0.3 is 24.6 Å². The van der Waals surface area contributed by atoms with Crippen LogP contribution in [0.25, 0.3) is 0 Å². The number of para-hydroxylation sites is 1. The zero-order valence-corrected chi connectivity index (χ0v) is 24.2. The Balaban J connectivity index is 1.10. The van der Waals surface area contributed by atoms with Crippen LogP contribution in [0, 0.1) is 0 Å². The summed E-state index contributed by atoms with van der Waals surface area (Å²) in [5, 5.41) is 13.8. The van der Waals surface area contributed by atoms with Gasteiger partial charge in [0.2, 0.25) is 20.0 Å². The number of aliphatic hydroxyl groups is 1. The summed E-state index contributed by atoms with van der Waals surface area (Å²) in [6.45, 7) is 2.06. The Kier molecular flexibility index (Phi) is 8.72. The van der Waals surface area contributed by atoms with Gasteiger partial charge in [0.1, 0.15) is 29.1 Å². The highest BCUT2D eigenvalue weighted by molar-refractivity contribution is 7.89. The monoisotopic (exact) mass is 595 g/mol. The smallest absolute Gasteiger partial charge is 0.243 e. The zero-order valence-electron chi connectivity index (χ0n) is 22.5. The summed E-state index contributed by atoms with van der Waals surface area (Å²) in [5.74, 6) is 0.938. The molecule has 1 spiro atoms. The van der Waals surface area contributed by atoms with E-state index in [0.717, 1.165) is 24.2 Å². The SMILES string of the molecule is CNS(=O)(=O)c1ccccc1OCC(O)CN[C@@H]1COC2(CCN(S(=O)(=O)c3ccc4c(c3)CCCO4)CC2)C1. The summed E-state index contributed by atoms with van der Waals surface area (Å²) in [4.78, 5) is 0.319. The molecule has 40 heavy (non-hydrogen) atoms. The molecule has 0 saturated carbocycles. The molecule has 13 heteroatoms. The maximum Gasteiger partial charge on any atom is 0.243 e. The Morgan fingerprint density at radius 1 is 1.15 bits per heavy atom. The van der Waals surface area contributed by atoms with Gasteiger partial charge in [0.05, 0.1) is 23.7 Å². The molecule has 0 amide bonds. The molecule has 5 rings (SSSR count). The van der Waals surface area contributed by atoms with Gasteiger partial charge in [0, 0.05) is 25.7 Å². The van der Waals surface area contributed by atoms with E-state index in [9.17, 15) is 21.9 Å². The molecule has 220 valence electrons. The molecule has 3 N–H and O–H groups in total. The molecule has 2 aromatic carbocycles. The van der Waals surface area contributed by atoms with Crippen molar-refractivity contribution in [2.45, 2.75) is 59.6 Å². The maximum absolute atomic E-state index is 13.3. The number of ether oxygens (including phenoxy) is 3. The van der Waals surface area contributed by atoms with Crippen molar-refractivity contribution < 1.29 is 36.2 Å². The Bertz CT molecular complexity index is 1410. The number of rotatable bonds is 10. The van der Waals surface area contributed by atoms with Crippen LogP contribution < -0.4 is 19.5 Å². The standard InChI is InChI=1S/C27H37N3O8S2/c1-28-39(32,33)26-7-3-2-6-25(26)37-19-22(31)17-29-21-16-27(38-18-21)10-12-30(13-11-27)40(34,35)23-8-9-24-20(15-23)5-4-14-36-24/h2-3,6-9,15,21-22,28-29,31H,4-5,10-14,16-19H2,1H3/t21-,22?/m0/s1. The second kappa shape index (κ2) is 11.9. The first-order chi connectivity index (χ1) is 19.1. The average Bonchev–Trinajstić information content (AvgIpc) is 3.37. The third kappa shape index (κ3) is 6.30. The van der Waals surface area contributed by atoms with Crippen molar-refractivity contribution in [1.29, 1.82) is 0 Å². The normalized spacial score (nSPS) is 22.0. The molecule has 3 aliphatic heterocycles. The predicted molar refractivity (Wildman–Crippen MR) is 148 cm³/mol. The zero-order chi connectivity index (χ0) is 28.4.